The van der Waals surface area contributed by atoms with E-state index in [2.05, 4.69) is 5.32 Å². The summed E-state index contributed by atoms with van der Waals surface area (Å²) in [4.78, 5) is 11.0. The molecule has 3 nitrogen and oxygen atoms in total. The smallest absolute Gasteiger partial charge is 0.169 e. The fourth-order valence-electron chi connectivity index (χ4n) is 1.68. The monoisotopic (exact) mass is 192 g/mol. The van der Waals surface area contributed by atoms with Crippen LogP contribution >= 0.6 is 0 Å². The second-order valence-corrected chi connectivity index (χ2v) is 3.69. The summed E-state index contributed by atoms with van der Waals surface area (Å²) in [5.74, 6) is 0.272. The molecule has 1 heterocycles. The first-order valence-electron chi connectivity index (χ1n) is 5.07. The number of Topliss-reactive ketones (excluding diaryl/α,β-unsaturated/α-hetero) is 1. The molecule has 1 aliphatic rings. The van der Waals surface area contributed by atoms with Gasteiger partial charge in [-0.05, 0) is 45.2 Å². The zero-order valence-electron chi connectivity index (χ0n) is 8.55. The van der Waals surface area contributed by atoms with Gasteiger partial charge in [0.1, 0.15) is 6.07 Å². The first kappa shape index (κ1) is 10.9. The lowest BCUT2D eigenvalue weighted by Crippen LogP contribution is -2.13. The number of nitrogens with one attached hydrogen (secondary N) is 1. The highest BCUT2D eigenvalue weighted by Gasteiger charge is 2.12. The number of nitrogens with zero attached hydrogens (tertiary/aromatic N) is 1. The van der Waals surface area contributed by atoms with E-state index in [9.17, 15) is 4.79 Å². The first-order valence-corrected chi connectivity index (χ1v) is 5.07. The van der Waals surface area contributed by atoms with Crippen LogP contribution in [-0.4, -0.2) is 18.9 Å². The summed E-state index contributed by atoms with van der Waals surface area (Å²) in [7, 11) is 0. The maximum atomic E-state index is 11.0. The van der Waals surface area contributed by atoms with Crippen LogP contribution in [0.25, 0.3) is 0 Å². The van der Waals surface area contributed by atoms with Gasteiger partial charge in [-0.2, -0.15) is 5.26 Å². The van der Waals surface area contributed by atoms with Gasteiger partial charge in [0.2, 0.25) is 0 Å². The van der Waals surface area contributed by atoms with Crippen LogP contribution in [0, 0.1) is 17.2 Å². The summed E-state index contributed by atoms with van der Waals surface area (Å²) in [5.41, 5.74) is 0.317. The molecule has 0 amide bonds. The first-order chi connectivity index (χ1) is 6.74. The molecule has 0 spiro atoms. The number of carbonyl (C=O) groups excluding carboxylic acids is 1. The minimum Gasteiger partial charge on any atom is -0.317 e. The van der Waals surface area contributed by atoms with E-state index >= 15 is 0 Å². The van der Waals surface area contributed by atoms with Gasteiger partial charge in [-0.15, -0.1) is 0 Å². The average molecular weight is 192 g/mol. The fraction of sp³-hybridized carbons (Fsp3) is 0.636. The van der Waals surface area contributed by atoms with E-state index in [1.165, 1.54) is 6.92 Å². The second-order valence-electron chi connectivity index (χ2n) is 3.69. The Kier molecular flexibility index (Phi) is 4.34. The van der Waals surface area contributed by atoms with Crippen LogP contribution in [0.4, 0.5) is 0 Å². The lowest BCUT2D eigenvalue weighted by atomic mass is 9.97. The van der Waals surface area contributed by atoms with E-state index in [4.69, 9.17) is 5.26 Å². The lowest BCUT2D eigenvalue weighted by Gasteiger charge is -2.07. The molecule has 0 aliphatic carbocycles. The molecule has 0 aromatic heterocycles. The van der Waals surface area contributed by atoms with Gasteiger partial charge in [-0.1, -0.05) is 6.08 Å². The van der Waals surface area contributed by atoms with Gasteiger partial charge in [0.25, 0.3) is 0 Å². The molecule has 1 N–H and O–H groups in total. The van der Waals surface area contributed by atoms with Crippen molar-refractivity contribution < 1.29 is 4.79 Å². The molecule has 14 heavy (non-hydrogen) atoms. The minimum absolute atomic E-state index is 0.121. The molecular weight excluding hydrogens is 176 g/mol. The molecule has 3 heteroatoms. The maximum absolute atomic E-state index is 11.0. The van der Waals surface area contributed by atoms with Crippen LogP contribution in [0.5, 0.6) is 0 Å². The summed E-state index contributed by atoms with van der Waals surface area (Å²) >= 11 is 0. The van der Waals surface area contributed by atoms with Gasteiger partial charge >= 0.3 is 0 Å². The topological polar surface area (TPSA) is 52.9 Å². The molecular formula is C11H16N2O. The Hall–Kier alpha value is -1.14. The Morgan fingerprint density at radius 1 is 1.50 bits per heavy atom. The third-order valence-corrected chi connectivity index (χ3v) is 2.52. The summed E-state index contributed by atoms with van der Waals surface area (Å²) in [6, 6.07) is 1.96. The van der Waals surface area contributed by atoms with Crippen molar-refractivity contribution in [3.63, 3.8) is 0 Å². The van der Waals surface area contributed by atoms with Gasteiger partial charge in [-0.3, -0.25) is 4.79 Å². The fourth-order valence-corrected chi connectivity index (χ4v) is 1.68. The van der Waals surface area contributed by atoms with Crippen LogP contribution in [0.15, 0.2) is 11.6 Å². The number of nitriles is 1. The van der Waals surface area contributed by atoms with Crippen molar-refractivity contribution in [3.05, 3.63) is 11.6 Å². The number of hydrogen-bond acceptors (Lipinski definition) is 3. The standard InChI is InChI=1S/C11H16N2O/c1-9(14)11(8-12)7-10-3-2-5-13-6-4-10/h7,10,13H,2-6H2,1H3/b11-7+. The third-order valence-electron chi connectivity index (χ3n) is 2.52. The van der Waals surface area contributed by atoms with E-state index in [1.54, 1.807) is 0 Å². The molecule has 1 atom stereocenters. The molecule has 0 bridgehead atoms. The van der Waals surface area contributed by atoms with Gasteiger partial charge in [0.15, 0.2) is 5.78 Å². The maximum Gasteiger partial charge on any atom is 0.169 e. The van der Waals surface area contributed by atoms with E-state index < -0.39 is 0 Å². The SMILES string of the molecule is CC(=O)/C(C#N)=C/C1CCCNCC1. The summed E-state index contributed by atoms with van der Waals surface area (Å²) in [6.45, 7) is 3.48. The Morgan fingerprint density at radius 2 is 2.29 bits per heavy atom. The van der Waals surface area contributed by atoms with Crippen molar-refractivity contribution in [1.29, 1.82) is 5.26 Å². The minimum atomic E-state index is -0.121. The normalized spacial score (nSPS) is 23.7. The van der Waals surface area contributed by atoms with E-state index in [-0.39, 0.29) is 5.78 Å². The van der Waals surface area contributed by atoms with E-state index in [0.717, 1.165) is 32.4 Å². The Balaban J connectivity index is 2.63. The highest BCUT2D eigenvalue weighted by molar-refractivity contribution is 5.97. The van der Waals surface area contributed by atoms with Gasteiger partial charge in [0.05, 0.1) is 5.57 Å². The molecule has 0 radical (unpaired) electrons. The van der Waals surface area contributed by atoms with Gasteiger partial charge in [0, 0.05) is 0 Å². The number of rotatable bonds is 2. The largest absolute Gasteiger partial charge is 0.317 e. The molecule has 0 saturated carbocycles. The van der Waals surface area contributed by atoms with Crippen LogP contribution in [0.3, 0.4) is 0 Å². The summed E-state index contributed by atoms with van der Waals surface area (Å²) in [6.07, 6.45) is 5.07. The Labute approximate surface area is 84.8 Å². The van der Waals surface area contributed by atoms with E-state index in [1.807, 2.05) is 12.1 Å². The Bertz CT molecular complexity index is 268. The van der Waals surface area contributed by atoms with Crippen LogP contribution in [-0.2, 0) is 4.79 Å². The predicted octanol–water partition coefficient (Wildman–Crippen LogP) is 1.42. The molecule has 0 aromatic rings. The highest BCUT2D eigenvalue weighted by Crippen LogP contribution is 2.16. The number of ketones is 1. The van der Waals surface area contributed by atoms with E-state index in [0.29, 0.717) is 11.5 Å². The quantitative estimate of drug-likeness (QED) is 0.531. The van der Waals surface area contributed by atoms with Crippen molar-refractivity contribution in [3.8, 4) is 6.07 Å². The zero-order valence-corrected chi connectivity index (χ0v) is 8.55. The molecule has 1 rings (SSSR count). The van der Waals surface area contributed by atoms with Crippen molar-refractivity contribution >= 4 is 5.78 Å². The van der Waals surface area contributed by atoms with Crippen molar-refractivity contribution in [1.82, 2.24) is 5.32 Å². The van der Waals surface area contributed by atoms with Gasteiger partial charge < -0.3 is 5.32 Å². The number of carbonyl (C=O) groups is 1. The highest BCUT2D eigenvalue weighted by atomic mass is 16.1. The number of allylic oxidation sites excluding steroid dienone is 2. The summed E-state index contributed by atoms with van der Waals surface area (Å²) in [5, 5.41) is 12.0. The van der Waals surface area contributed by atoms with Crippen molar-refractivity contribution in [2.24, 2.45) is 5.92 Å². The van der Waals surface area contributed by atoms with Gasteiger partial charge in [-0.25, -0.2) is 0 Å². The second kappa shape index (κ2) is 5.56. The molecule has 76 valence electrons. The zero-order chi connectivity index (χ0) is 10.4. The molecule has 1 fully saturated rings. The Morgan fingerprint density at radius 3 is 2.93 bits per heavy atom. The average Bonchev–Trinajstić information content (AvgIpc) is 2.41. The lowest BCUT2D eigenvalue weighted by molar-refractivity contribution is -0.113. The van der Waals surface area contributed by atoms with Crippen LogP contribution in [0.2, 0.25) is 0 Å². The van der Waals surface area contributed by atoms with Crippen LogP contribution < -0.4 is 5.32 Å². The third kappa shape index (κ3) is 3.31. The molecule has 0 aromatic carbocycles. The number of hydrogen-bond donors (Lipinski definition) is 1. The van der Waals surface area contributed by atoms with Crippen molar-refractivity contribution in [2.75, 3.05) is 13.1 Å². The summed E-state index contributed by atoms with van der Waals surface area (Å²) < 4.78 is 0. The van der Waals surface area contributed by atoms with Crippen molar-refractivity contribution in [2.45, 2.75) is 26.2 Å². The molecule has 1 unspecified atom stereocenters. The molecule has 1 saturated heterocycles. The van der Waals surface area contributed by atoms with Crippen LogP contribution in [0.1, 0.15) is 26.2 Å². The predicted molar refractivity (Wildman–Crippen MR) is 54.6 cm³/mol. The molecule has 1 aliphatic heterocycles.